The van der Waals surface area contributed by atoms with Gasteiger partial charge in [-0.1, -0.05) is 31.4 Å². The largest absolute Gasteiger partial charge is 0.290 e. The van der Waals surface area contributed by atoms with Crippen LogP contribution in [0.4, 0.5) is 5.95 Å². The number of nitrogens with zero attached hydrogens (tertiary/aromatic N) is 2. The highest BCUT2D eigenvalue weighted by molar-refractivity contribution is 6.04. The van der Waals surface area contributed by atoms with Gasteiger partial charge in [0.2, 0.25) is 5.95 Å². The van der Waals surface area contributed by atoms with Crippen LogP contribution in [0.2, 0.25) is 0 Å². The minimum Gasteiger partial charge on any atom is -0.290 e. The quantitative estimate of drug-likeness (QED) is 0.617. The first kappa shape index (κ1) is 11.8. The minimum absolute atomic E-state index is 0.271. The molecule has 1 N–H and O–H groups in total. The average Bonchev–Trinajstić information content (AvgIpc) is 2.29. The lowest BCUT2D eigenvalue weighted by Gasteiger charge is -2.03. The Bertz CT molecular complexity index is 432. The summed E-state index contributed by atoms with van der Waals surface area (Å²) in [7, 11) is 0. The van der Waals surface area contributed by atoms with Gasteiger partial charge in [0.15, 0.2) is 0 Å². The van der Waals surface area contributed by atoms with Gasteiger partial charge in [-0.3, -0.25) is 10.1 Å². The first-order valence-electron chi connectivity index (χ1n) is 4.72. The van der Waals surface area contributed by atoms with Crippen LogP contribution in [0.5, 0.6) is 0 Å². The minimum atomic E-state index is -0.307. The van der Waals surface area contributed by atoms with E-state index in [0.29, 0.717) is 5.57 Å². The highest BCUT2D eigenvalue weighted by Gasteiger charge is 2.06. The van der Waals surface area contributed by atoms with Crippen LogP contribution in [0.3, 0.4) is 0 Å². The topological polar surface area (TPSA) is 54.9 Å². The molecule has 0 aliphatic rings. The summed E-state index contributed by atoms with van der Waals surface area (Å²) in [5.74, 6) is -0.0360. The van der Waals surface area contributed by atoms with Crippen molar-refractivity contribution in [3.63, 3.8) is 0 Å². The lowest BCUT2D eigenvalue weighted by molar-refractivity contribution is -0.112. The van der Waals surface area contributed by atoms with Gasteiger partial charge < -0.3 is 0 Å². The maximum Gasteiger partial charge on any atom is 0.257 e. The van der Waals surface area contributed by atoms with Crippen LogP contribution >= 0.6 is 0 Å². The Labute approximate surface area is 94.4 Å². The molecule has 4 nitrogen and oxygen atoms in total. The molecule has 0 unspecified atom stereocenters. The number of rotatable bonds is 4. The number of aryl methyl sites for hydroxylation is 1. The third-order valence-electron chi connectivity index (χ3n) is 1.79. The predicted molar refractivity (Wildman–Crippen MR) is 63.9 cm³/mol. The smallest absolute Gasteiger partial charge is 0.257 e. The van der Waals surface area contributed by atoms with E-state index in [-0.39, 0.29) is 11.9 Å². The van der Waals surface area contributed by atoms with Crippen LogP contribution < -0.4 is 5.32 Å². The Morgan fingerprint density at radius 1 is 1.38 bits per heavy atom. The van der Waals surface area contributed by atoms with Crippen molar-refractivity contribution in [2.75, 3.05) is 5.32 Å². The van der Waals surface area contributed by atoms with E-state index in [4.69, 9.17) is 0 Å². The molecule has 0 aliphatic carbocycles. The summed E-state index contributed by atoms with van der Waals surface area (Å²) in [4.78, 5) is 19.6. The molecule has 16 heavy (non-hydrogen) atoms. The zero-order valence-electron chi connectivity index (χ0n) is 9.10. The molecule has 0 saturated heterocycles. The number of allylic oxidation sites excluding steroid dienone is 2. The van der Waals surface area contributed by atoms with E-state index in [1.54, 1.807) is 18.5 Å². The third kappa shape index (κ3) is 3.16. The Balaban J connectivity index is 2.78. The molecular formula is C12H13N3O. The van der Waals surface area contributed by atoms with Crippen LogP contribution in [0.15, 0.2) is 49.4 Å². The van der Waals surface area contributed by atoms with Crippen LogP contribution in [-0.4, -0.2) is 15.9 Å². The zero-order chi connectivity index (χ0) is 12.0. The maximum absolute atomic E-state index is 11.6. The molecule has 1 rings (SSSR count). The standard InChI is InChI=1S/C12H13N3O/c1-4-6-10(5-2)11(16)15-12-13-7-9(3)8-14-12/h4-8H,1-2H2,3H3,(H,13,14,15,16)/b10-6+. The SMILES string of the molecule is C=C/C=C(\C=C)C(=O)Nc1ncc(C)cn1. The second-order valence-corrected chi connectivity index (χ2v) is 3.10. The molecule has 0 atom stereocenters. The molecule has 1 aromatic heterocycles. The first-order valence-corrected chi connectivity index (χ1v) is 4.72. The summed E-state index contributed by atoms with van der Waals surface area (Å²) in [6, 6.07) is 0. The summed E-state index contributed by atoms with van der Waals surface area (Å²) in [6.45, 7) is 8.93. The van der Waals surface area contributed by atoms with Crippen molar-refractivity contribution in [2.24, 2.45) is 0 Å². The van der Waals surface area contributed by atoms with Crippen LogP contribution in [-0.2, 0) is 4.79 Å². The molecule has 0 spiro atoms. The fourth-order valence-corrected chi connectivity index (χ4v) is 0.994. The molecule has 0 fully saturated rings. The number of amides is 1. The molecule has 0 radical (unpaired) electrons. The van der Waals surface area contributed by atoms with Gasteiger partial charge in [0, 0.05) is 18.0 Å². The monoisotopic (exact) mass is 215 g/mol. The lowest BCUT2D eigenvalue weighted by atomic mass is 10.2. The summed E-state index contributed by atoms with van der Waals surface area (Å²) in [5, 5.41) is 2.56. The van der Waals surface area contributed by atoms with Crippen molar-refractivity contribution in [3.8, 4) is 0 Å². The molecule has 1 aromatic rings. The van der Waals surface area contributed by atoms with Gasteiger partial charge in [0.25, 0.3) is 5.91 Å². The second-order valence-electron chi connectivity index (χ2n) is 3.10. The molecule has 0 bridgehead atoms. The van der Waals surface area contributed by atoms with Crippen molar-refractivity contribution < 1.29 is 4.79 Å². The fourth-order valence-electron chi connectivity index (χ4n) is 0.994. The molecule has 0 aliphatic heterocycles. The first-order chi connectivity index (χ1) is 7.67. The summed E-state index contributed by atoms with van der Waals surface area (Å²) < 4.78 is 0. The van der Waals surface area contributed by atoms with Gasteiger partial charge in [0.1, 0.15) is 0 Å². The maximum atomic E-state index is 11.6. The Kier molecular flexibility index (Phi) is 4.15. The molecule has 0 aromatic carbocycles. The molecule has 4 heteroatoms. The Morgan fingerprint density at radius 3 is 2.50 bits per heavy atom. The van der Waals surface area contributed by atoms with E-state index >= 15 is 0 Å². The molecular weight excluding hydrogens is 202 g/mol. The van der Waals surface area contributed by atoms with E-state index in [0.717, 1.165) is 5.56 Å². The van der Waals surface area contributed by atoms with Gasteiger partial charge in [-0.05, 0) is 12.5 Å². The third-order valence-corrected chi connectivity index (χ3v) is 1.79. The van der Waals surface area contributed by atoms with E-state index in [2.05, 4.69) is 28.4 Å². The van der Waals surface area contributed by atoms with E-state index in [1.807, 2.05) is 6.92 Å². The number of carbonyl (C=O) groups is 1. The number of carbonyl (C=O) groups excluding carboxylic acids is 1. The van der Waals surface area contributed by atoms with Crippen molar-refractivity contribution in [2.45, 2.75) is 6.92 Å². The predicted octanol–water partition coefficient (Wildman–Crippen LogP) is 2.02. The average molecular weight is 215 g/mol. The van der Waals surface area contributed by atoms with E-state index < -0.39 is 0 Å². The van der Waals surface area contributed by atoms with Crippen molar-refractivity contribution in [3.05, 3.63) is 54.9 Å². The number of hydrogen-bond acceptors (Lipinski definition) is 3. The lowest BCUT2D eigenvalue weighted by Crippen LogP contribution is -2.15. The van der Waals surface area contributed by atoms with Crippen LogP contribution in [0.25, 0.3) is 0 Å². The van der Waals surface area contributed by atoms with E-state index in [9.17, 15) is 4.79 Å². The Hall–Kier alpha value is -2.23. The van der Waals surface area contributed by atoms with Gasteiger partial charge in [-0.2, -0.15) is 0 Å². The number of anilines is 1. The highest BCUT2D eigenvalue weighted by atomic mass is 16.1. The second kappa shape index (κ2) is 5.60. The number of aromatic nitrogens is 2. The van der Waals surface area contributed by atoms with Crippen molar-refractivity contribution in [1.29, 1.82) is 0 Å². The van der Waals surface area contributed by atoms with Crippen molar-refractivity contribution >= 4 is 11.9 Å². The normalized spacial score (nSPS) is 10.7. The van der Waals surface area contributed by atoms with Gasteiger partial charge in [-0.25, -0.2) is 9.97 Å². The fraction of sp³-hybridized carbons (Fsp3) is 0.0833. The number of nitrogens with one attached hydrogen (secondary N) is 1. The van der Waals surface area contributed by atoms with Gasteiger partial charge in [-0.15, -0.1) is 0 Å². The Morgan fingerprint density at radius 2 is 2.00 bits per heavy atom. The van der Waals surface area contributed by atoms with Crippen molar-refractivity contribution in [1.82, 2.24) is 9.97 Å². The highest BCUT2D eigenvalue weighted by Crippen LogP contribution is 2.03. The number of hydrogen-bond donors (Lipinski definition) is 1. The van der Waals surface area contributed by atoms with Crippen LogP contribution in [0.1, 0.15) is 5.56 Å². The zero-order valence-corrected chi connectivity index (χ0v) is 9.10. The summed E-state index contributed by atoms with van der Waals surface area (Å²) in [5.41, 5.74) is 1.35. The molecule has 1 amide bonds. The summed E-state index contributed by atoms with van der Waals surface area (Å²) in [6.07, 6.45) is 7.80. The van der Waals surface area contributed by atoms with E-state index in [1.165, 1.54) is 12.2 Å². The van der Waals surface area contributed by atoms with Crippen LogP contribution in [0, 0.1) is 6.92 Å². The molecule has 0 saturated carbocycles. The molecule has 82 valence electrons. The van der Waals surface area contributed by atoms with Gasteiger partial charge in [0.05, 0.1) is 0 Å². The van der Waals surface area contributed by atoms with Gasteiger partial charge >= 0.3 is 0 Å². The summed E-state index contributed by atoms with van der Waals surface area (Å²) >= 11 is 0. The molecule has 1 heterocycles.